The predicted octanol–water partition coefficient (Wildman–Crippen LogP) is 1.68. The van der Waals surface area contributed by atoms with Crippen molar-refractivity contribution in [2.24, 2.45) is 5.14 Å². The van der Waals surface area contributed by atoms with Gasteiger partial charge in [0, 0.05) is 11.5 Å². The van der Waals surface area contributed by atoms with E-state index >= 15 is 0 Å². The lowest BCUT2D eigenvalue weighted by molar-refractivity contribution is 0.0318. The summed E-state index contributed by atoms with van der Waals surface area (Å²) >= 11 is 1.05. The van der Waals surface area contributed by atoms with Gasteiger partial charge in [0.25, 0.3) is 0 Å². The van der Waals surface area contributed by atoms with Crippen molar-refractivity contribution >= 4 is 27.3 Å². The molecule has 1 aromatic heterocycles. The predicted molar refractivity (Wildman–Crippen MR) is 76.4 cm³/mol. The van der Waals surface area contributed by atoms with Gasteiger partial charge in [-0.3, -0.25) is 0 Å². The van der Waals surface area contributed by atoms with E-state index in [0.29, 0.717) is 18.1 Å². The second-order valence-corrected chi connectivity index (χ2v) is 6.96. The van der Waals surface area contributed by atoms with Crippen LogP contribution in [-0.2, 0) is 19.5 Å². The van der Waals surface area contributed by atoms with E-state index in [2.05, 4.69) is 6.92 Å². The molecule has 1 aromatic rings. The molecule has 0 saturated carbocycles. The molecule has 6 nitrogen and oxygen atoms in total. The van der Waals surface area contributed by atoms with E-state index < -0.39 is 16.0 Å². The van der Waals surface area contributed by atoms with Gasteiger partial charge in [0.1, 0.15) is 11.5 Å². The molecule has 0 aliphatic carbocycles. The molecule has 0 aliphatic rings. The van der Waals surface area contributed by atoms with Gasteiger partial charge in [0.2, 0.25) is 10.0 Å². The van der Waals surface area contributed by atoms with Crippen molar-refractivity contribution < 1.29 is 22.7 Å². The number of aryl methyl sites for hydroxylation is 1. The molecule has 0 aromatic carbocycles. The molecular weight excluding hydrogens is 302 g/mol. The first-order valence-corrected chi connectivity index (χ1v) is 8.60. The summed E-state index contributed by atoms with van der Waals surface area (Å²) in [6.07, 6.45) is 2.01. The van der Waals surface area contributed by atoms with Gasteiger partial charge in [0.05, 0.1) is 11.5 Å². The molecule has 2 N–H and O–H groups in total. The average Bonchev–Trinajstić information content (AvgIpc) is 2.75. The number of primary sulfonamides is 1. The molecule has 0 radical (unpaired) electrons. The highest BCUT2D eigenvalue weighted by molar-refractivity contribution is 7.89. The molecule has 0 unspecified atom stereocenters. The zero-order valence-corrected chi connectivity index (χ0v) is 13.2. The van der Waals surface area contributed by atoms with Crippen LogP contribution in [0.2, 0.25) is 0 Å². The Balaban J connectivity index is 2.49. The third kappa shape index (κ3) is 5.20. The van der Waals surface area contributed by atoms with Crippen molar-refractivity contribution in [1.82, 2.24) is 0 Å². The number of nitrogens with two attached hydrogens (primary N) is 1. The number of esters is 1. The van der Waals surface area contributed by atoms with E-state index in [9.17, 15) is 13.2 Å². The highest BCUT2D eigenvalue weighted by Gasteiger charge is 2.19. The molecule has 1 rings (SSSR count). The summed E-state index contributed by atoms with van der Waals surface area (Å²) in [5.41, 5.74) is 0. The number of carbonyl (C=O) groups excluding carboxylic acids is 1. The Kier molecular flexibility index (Phi) is 6.60. The molecular formula is C12H19NO5S2. The second-order valence-electron chi connectivity index (χ2n) is 4.18. The first-order valence-electron chi connectivity index (χ1n) is 6.24. The first kappa shape index (κ1) is 17.1. The van der Waals surface area contributed by atoms with Crippen LogP contribution < -0.4 is 5.14 Å². The number of hydrogen-bond donors (Lipinski definition) is 1. The lowest BCUT2D eigenvalue weighted by atomic mass is 10.4. The fourth-order valence-electron chi connectivity index (χ4n) is 1.46. The van der Waals surface area contributed by atoms with Crippen LogP contribution in [0.25, 0.3) is 0 Å². The van der Waals surface area contributed by atoms with Gasteiger partial charge >= 0.3 is 5.97 Å². The van der Waals surface area contributed by atoms with Gasteiger partial charge in [-0.05, 0) is 19.4 Å². The van der Waals surface area contributed by atoms with Crippen LogP contribution in [0, 0.1) is 6.92 Å². The minimum absolute atomic E-state index is 0.0337. The number of hydrogen-bond acceptors (Lipinski definition) is 6. The number of sulfonamides is 1. The standard InChI is InChI=1S/C12H19NO5S2/c1-3-4-5-17-6-7-18-12(14)10-8-11(9(2)19-10)20(13,15)16/h8H,3-7H2,1-2H3,(H2,13,15,16). The average molecular weight is 321 g/mol. The van der Waals surface area contributed by atoms with E-state index in [1.54, 1.807) is 6.92 Å². The Bertz CT molecular complexity index is 550. The Morgan fingerprint density at radius 1 is 1.35 bits per heavy atom. The number of rotatable bonds is 8. The molecule has 8 heteroatoms. The van der Waals surface area contributed by atoms with Crippen LogP contribution in [-0.4, -0.2) is 34.2 Å². The van der Waals surface area contributed by atoms with Gasteiger partial charge in [-0.2, -0.15) is 0 Å². The lowest BCUT2D eigenvalue weighted by Crippen LogP contribution is -2.12. The molecule has 114 valence electrons. The Labute approximate surface area is 122 Å². The summed E-state index contributed by atoms with van der Waals surface area (Å²) in [7, 11) is -3.80. The van der Waals surface area contributed by atoms with Crippen molar-refractivity contribution in [1.29, 1.82) is 0 Å². The number of carbonyl (C=O) groups is 1. The molecule has 20 heavy (non-hydrogen) atoms. The van der Waals surface area contributed by atoms with Crippen LogP contribution in [0.1, 0.15) is 34.3 Å². The van der Waals surface area contributed by atoms with Crippen LogP contribution >= 0.6 is 11.3 Å². The maximum absolute atomic E-state index is 11.7. The van der Waals surface area contributed by atoms with Crippen molar-refractivity contribution in [2.45, 2.75) is 31.6 Å². The van der Waals surface area contributed by atoms with Crippen LogP contribution in [0.3, 0.4) is 0 Å². The van der Waals surface area contributed by atoms with Crippen LogP contribution in [0.15, 0.2) is 11.0 Å². The quantitative estimate of drug-likeness (QED) is 0.580. The summed E-state index contributed by atoms with van der Waals surface area (Å²) in [4.78, 5) is 12.4. The van der Waals surface area contributed by atoms with Gasteiger partial charge < -0.3 is 9.47 Å². The first-order chi connectivity index (χ1) is 9.36. The Hall–Kier alpha value is -0.960. The van der Waals surface area contributed by atoms with Crippen molar-refractivity contribution in [3.63, 3.8) is 0 Å². The molecule has 0 amide bonds. The van der Waals surface area contributed by atoms with Crippen molar-refractivity contribution in [3.8, 4) is 0 Å². The number of ether oxygens (including phenoxy) is 2. The fourth-order valence-corrected chi connectivity index (χ4v) is 3.50. The fraction of sp³-hybridized carbons (Fsp3) is 0.583. The molecule has 0 atom stereocenters. The van der Waals surface area contributed by atoms with Crippen molar-refractivity contribution in [3.05, 3.63) is 15.8 Å². The second kappa shape index (κ2) is 7.72. The Morgan fingerprint density at radius 3 is 2.60 bits per heavy atom. The normalized spacial score (nSPS) is 11.6. The van der Waals surface area contributed by atoms with E-state index in [4.69, 9.17) is 14.6 Å². The molecule has 0 spiro atoms. The highest BCUT2D eigenvalue weighted by atomic mass is 32.2. The summed E-state index contributed by atoms with van der Waals surface area (Å²) < 4.78 is 32.8. The molecule has 1 heterocycles. The molecule has 0 bridgehead atoms. The molecule has 0 aliphatic heterocycles. The smallest absolute Gasteiger partial charge is 0.348 e. The van der Waals surface area contributed by atoms with Gasteiger partial charge in [0.15, 0.2) is 0 Å². The minimum atomic E-state index is -3.80. The van der Waals surface area contributed by atoms with E-state index in [-0.39, 0.29) is 16.4 Å². The van der Waals surface area contributed by atoms with E-state index in [1.807, 2.05) is 0 Å². The molecule has 0 saturated heterocycles. The summed E-state index contributed by atoms with van der Waals surface area (Å²) in [6, 6.07) is 1.25. The monoisotopic (exact) mass is 321 g/mol. The summed E-state index contributed by atoms with van der Waals surface area (Å²) in [6.45, 7) is 4.77. The lowest BCUT2D eigenvalue weighted by Gasteiger charge is -2.04. The number of unbranched alkanes of at least 4 members (excludes halogenated alkanes) is 1. The third-order valence-electron chi connectivity index (χ3n) is 2.48. The topological polar surface area (TPSA) is 95.7 Å². The summed E-state index contributed by atoms with van der Waals surface area (Å²) in [5.74, 6) is -0.563. The third-order valence-corrected chi connectivity index (χ3v) is 4.68. The maximum atomic E-state index is 11.7. The SMILES string of the molecule is CCCCOCCOC(=O)c1cc(S(N)(=O)=O)c(C)s1. The van der Waals surface area contributed by atoms with Crippen LogP contribution in [0.4, 0.5) is 0 Å². The van der Waals surface area contributed by atoms with Gasteiger partial charge in [-0.1, -0.05) is 13.3 Å². The van der Waals surface area contributed by atoms with Gasteiger partial charge in [-0.15, -0.1) is 11.3 Å². The zero-order valence-electron chi connectivity index (χ0n) is 11.5. The van der Waals surface area contributed by atoms with Gasteiger partial charge in [-0.25, -0.2) is 18.4 Å². The maximum Gasteiger partial charge on any atom is 0.348 e. The Morgan fingerprint density at radius 2 is 2.05 bits per heavy atom. The number of thiophene rings is 1. The van der Waals surface area contributed by atoms with E-state index in [0.717, 1.165) is 24.2 Å². The highest BCUT2D eigenvalue weighted by Crippen LogP contribution is 2.25. The molecule has 0 fully saturated rings. The zero-order chi connectivity index (χ0) is 15.2. The van der Waals surface area contributed by atoms with E-state index in [1.165, 1.54) is 6.07 Å². The van der Waals surface area contributed by atoms with Crippen LogP contribution in [0.5, 0.6) is 0 Å². The van der Waals surface area contributed by atoms with Crippen molar-refractivity contribution in [2.75, 3.05) is 19.8 Å². The minimum Gasteiger partial charge on any atom is -0.459 e. The summed E-state index contributed by atoms with van der Waals surface area (Å²) in [5, 5.41) is 5.05. The largest absolute Gasteiger partial charge is 0.459 e.